The number of hydrogen-bond acceptors (Lipinski definition) is 3. The Bertz CT molecular complexity index is 417. The lowest BCUT2D eigenvalue weighted by molar-refractivity contribution is -0.126. The van der Waals surface area contributed by atoms with Crippen LogP contribution in [-0.4, -0.2) is 19.6 Å². The highest BCUT2D eigenvalue weighted by molar-refractivity contribution is 5.81. The molecule has 0 fully saturated rings. The van der Waals surface area contributed by atoms with Crippen LogP contribution in [0.1, 0.15) is 30.7 Å². The quantitative estimate of drug-likeness (QED) is 0.865. The highest BCUT2D eigenvalue weighted by Crippen LogP contribution is 2.27. The van der Waals surface area contributed by atoms with Gasteiger partial charge in [-0.15, -0.1) is 0 Å². The van der Waals surface area contributed by atoms with E-state index in [1.54, 1.807) is 7.11 Å². The summed E-state index contributed by atoms with van der Waals surface area (Å²) in [4.78, 5) is 11.6. The summed E-state index contributed by atoms with van der Waals surface area (Å²) in [6.45, 7) is 2.68. The predicted octanol–water partition coefficient (Wildman–Crippen LogP) is 1.79. The van der Waals surface area contributed by atoms with E-state index in [4.69, 9.17) is 9.47 Å². The molecule has 0 radical (unpaired) electrons. The molecule has 0 aliphatic carbocycles. The molecule has 4 nitrogen and oxygen atoms in total. The molecule has 17 heavy (non-hydrogen) atoms. The van der Waals surface area contributed by atoms with Gasteiger partial charge in [0.05, 0.1) is 13.5 Å². The van der Waals surface area contributed by atoms with Crippen molar-refractivity contribution in [2.45, 2.75) is 26.0 Å². The van der Waals surface area contributed by atoms with Gasteiger partial charge in [0.25, 0.3) is 0 Å². The van der Waals surface area contributed by atoms with Gasteiger partial charge in [0.1, 0.15) is 5.75 Å². The maximum atomic E-state index is 11.6. The zero-order valence-electron chi connectivity index (χ0n) is 10.2. The molecule has 0 saturated carbocycles. The Hall–Kier alpha value is -1.55. The molecule has 4 heteroatoms. The SMILES string of the molecule is CCCOC1NC(=O)Cc2cc(OC)ccc21. The van der Waals surface area contributed by atoms with Crippen molar-refractivity contribution in [1.82, 2.24) is 5.32 Å². The van der Waals surface area contributed by atoms with Crippen LogP contribution in [-0.2, 0) is 16.0 Å². The van der Waals surface area contributed by atoms with Crippen LogP contribution >= 0.6 is 0 Å². The molecular weight excluding hydrogens is 218 g/mol. The number of rotatable bonds is 4. The minimum Gasteiger partial charge on any atom is -0.497 e. The van der Waals surface area contributed by atoms with Crippen molar-refractivity contribution in [3.63, 3.8) is 0 Å². The van der Waals surface area contributed by atoms with Gasteiger partial charge in [-0.1, -0.05) is 13.0 Å². The Morgan fingerprint density at radius 1 is 1.47 bits per heavy atom. The monoisotopic (exact) mass is 235 g/mol. The molecule has 1 aromatic carbocycles. The number of fused-ring (bicyclic) bond motifs is 1. The number of hydrogen-bond donors (Lipinski definition) is 1. The maximum Gasteiger partial charge on any atom is 0.226 e. The number of amides is 1. The number of carbonyl (C=O) groups excluding carboxylic acids is 1. The summed E-state index contributed by atoms with van der Waals surface area (Å²) in [6, 6.07) is 5.74. The summed E-state index contributed by atoms with van der Waals surface area (Å²) in [5.74, 6) is 0.763. The molecule has 2 rings (SSSR count). The third kappa shape index (κ3) is 2.58. The van der Waals surface area contributed by atoms with Crippen molar-refractivity contribution in [3.8, 4) is 5.75 Å². The predicted molar refractivity (Wildman–Crippen MR) is 63.8 cm³/mol. The Morgan fingerprint density at radius 3 is 3.00 bits per heavy atom. The standard InChI is InChI=1S/C13H17NO3/c1-3-6-17-13-11-5-4-10(16-2)7-9(11)8-12(15)14-13/h4-5,7,13H,3,6,8H2,1-2H3,(H,14,15). The lowest BCUT2D eigenvalue weighted by Gasteiger charge is -2.26. The van der Waals surface area contributed by atoms with Crippen molar-refractivity contribution in [2.75, 3.05) is 13.7 Å². The van der Waals surface area contributed by atoms with E-state index in [2.05, 4.69) is 5.32 Å². The topological polar surface area (TPSA) is 47.6 Å². The van der Waals surface area contributed by atoms with Crippen molar-refractivity contribution >= 4 is 5.91 Å². The number of methoxy groups -OCH3 is 1. The van der Waals surface area contributed by atoms with Gasteiger partial charge in [-0.3, -0.25) is 4.79 Å². The van der Waals surface area contributed by atoms with Crippen LogP contribution in [0.2, 0.25) is 0 Å². The largest absolute Gasteiger partial charge is 0.497 e. The Labute approximate surface area is 101 Å². The Kier molecular flexibility index (Phi) is 3.64. The van der Waals surface area contributed by atoms with Gasteiger partial charge < -0.3 is 14.8 Å². The highest BCUT2D eigenvalue weighted by Gasteiger charge is 2.24. The maximum absolute atomic E-state index is 11.6. The van der Waals surface area contributed by atoms with E-state index in [1.165, 1.54) is 0 Å². The molecular formula is C13H17NO3. The average molecular weight is 235 g/mol. The molecule has 0 aromatic heterocycles. The van der Waals surface area contributed by atoms with E-state index in [0.29, 0.717) is 13.0 Å². The Balaban J connectivity index is 2.26. The molecule has 92 valence electrons. The van der Waals surface area contributed by atoms with Crippen LogP contribution in [0.5, 0.6) is 5.75 Å². The molecule has 1 unspecified atom stereocenters. The molecule has 0 bridgehead atoms. The van der Waals surface area contributed by atoms with Crippen LogP contribution in [0.4, 0.5) is 0 Å². The van der Waals surface area contributed by atoms with Crippen LogP contribution in [0.25, 0.3) is 0 Å². The third-order valence-electron chi connectivity index (χ3n) is 2.76. The zero-order chi connectivity index (χ0) is 12.3. The van der Waals surface area contributed by atoms with Gasteiger partial charge in [-0.2, -0.15) is 0 Å². The number of nitrogens with one attached hydrogen (secondary N) is 1. The van der Waals surface area contributed by atoms with Gasteiger partial charge >= 0.3 is 0 Å². The smallest absolute Gasteiger partial charge is 0.226 e. The minimum absolute atomic E-state index is 0.00754. The average Bonchev–Trinajstić information content (AvgIpc) is 2.34. The minimum atomic E-state index is -0.322. The molecule has 1 N–H and O–H groups in total. The normalized spacial score (nSPS) is 18.5. The van der Waals surface area contributed by atoms with E-state index < -0.39 is 0 Å². The molecule has 0 spiro atoms. The number of carbonyl (C=O) groups is 1. The molecule has 1 amide bonds. The van der Waals surface area contributed by atoms with Crippen molar-refractivity contribution in [1.29, 1.82) is 0 Å². The first kappa shape index (κ1) is 11.9. The van der Waals surface area contributed by atoms with Crippen molar-refractivity contribution < 1.29 is 14.3 Å². The first-order chi connectivity index (χ1) is 8.24. The number of ether oxygens (including phenoxy) is 2. The molecule has 0 saturated heterocycles. The van der Waals surface area contributed by atoms with Crippen molar-refractivity contribution in [3.05, 3.63) is 29.3 Å². The lowest BCUT2D eigenvalue weighted by Crippen LogP contribution is -2.36. The summed E-state index contributed by atoms with van der Waals surface area (Å²) in [5.41, 5.74) is 2.01. The van der Waals surface area contributed by atoms with Gasteiger partial charge in [0.2, 0.25) is 5.91 Å². The summed E-state index contributed by atoms with van der Waals surface area (Å²) in [5, 5.41) is 2.84. The molecule has 1 aliphatic heterocycles. The van der Waals surface area contributed by atoms with Crippen LogP contribution in [0.15, 0.2) is 18.2 Å². The summed E-state index contributed by atoms with van der Waals surface area (Å²) < 4.78 is 10.8. The van der Waals surface area contributed by atoms with E-state index in [0.717, 1.165) is 23.3 Å². The molecule has 1 aliphatic rings. The highest BCUT2D eigenvalue weighted by atomic mass is 16.5. The summed E-state index contributed by atoms with van der Waals surface area (Å²) in [7, 11) is 1.62. The molecule has 1 atom stereocenters. The van der Waals surface area contributed by atoms with Crippen molar-refractivity contribution in [2.24, 2.45) is 0 Å². The number of benzene rings is 1. The summed E-state index contributed by atoms with van der Waals surface area (Å²) >= 11 is 0. The second kappa shape index (κ2) is 5.19. The first-order valence-corrected chi connectivity index (χ1v) is 5.82. The second-order valence-electron chi connectivity index (χ2n) is 4.06. The van der Waals surface area contributed by atoms with Gasteiger partial charge in [-0.25, -0.2) is 0 Å². The van der Waals surface area contributed by atoms with Gasteiger partial charge in [0, 0.05) is 12.2 Å². The summed E-state index contributed by atoms with van der Waals surface area (Å²) in [6.07, 6.45) is 0.994. The van der Waals surface area contributed by atoms with E-state index in [1.807, 2.05) is 25.1 Å². The van der Waals surface area contributed by atoms with Gasteiger partial charge in [-0.05, 0) is 24.1 Å². The second-order valence-corrected chi connectivity index (χ2v) is 4.06. The van der Waals surface area contributed by atoms with Crippen LogP contribution < -0.4 is 10.1 Å². The van der Waals surface area contributed by atoms with E-state index >= 15 is 0 Å². The van der Waals surface area contributed by atoms with Crippen LogP contribution in [0.3, 0.4) is 0 Å². The molecule has 1 aromatic rings. The van der Waals surface area contributed by atoms with E-state index in [-0.39, 0.29) is 12.1 Å². The lowest BCUT2D eigenvalue weighted by atomic mass is 9.99. The van der Waals surface area contributed by atoms with Gasteiger partial charge in [0.15, 0.2) is 6.23 Å². The molecule has 1 heterocycles. The third-order valence-corrected chi connectivity index (χ3v) is 2.76. The first-order valence-electron chi connectivity index (χ1n) is 5.82. The fourth-order valence-corrected chi connectivity index (χ4v) is 1.93. The van der Waals surface area contributed by atoms with E-state index in [9.17, 15) is 4.79 Å². The fraction of sp³-hybridized carbons (Fsp3) is 0.462. The van der Waals surface area contributed by atoms with Crippen LogP contribution in [0, 0.1) is 0 Å². The Morgan fingerprint density at radius 2 is 2.29 bits per heavy atom. The fourth-order valence-electron chi connectivity index (χ4n) is 1.93. The zero-order valence-corrected chi connectivity index (χ0v) is 10.2.